The Morgan fingerprint density at radius 3 is 2.95 bits per heavy atom. The van der Waals surface area contributed by atoms with Crippen molar-refractivity contribution in [2.75, 3.05) is 0 Å². The normalized spacial score (nSPS) is 11.3. The Kier molecular flexibility index (Phi) is 3.16. The molecule has 0 atom stereocenters. The van der Waals surface area contributed by atoms with Crippen LogP contribution in [0.3, 0.4) is 0 Å². The molecule has 0 aromatic carbocycles. The molecule has 8 heteroatoms. The van der Waals surface area contributed by atoms with E-state index in [9.17, 15) is 0 Å². The summed E-state index contributed by atoms with van der Waals surface area (Å²) in [5, 5.41) is 9.64. The summed E-state index contributed by atoms with van der Waals surface area (Å²) in [5.74, 6) is 0.733. The molecule has 3 heterocycles. The molecule has 3 aromatic rings. The molecule has 0 radical (unpaired) electrons. The maximum absolute atomic E-state index is 4.43. The van der Waals surface area contributed by atoms with E-state index >= 15 is 0 Å². The number of aromatic amines is 1. The quantitative estimate of drug-likeness (QED) is 0.574. The van der Waals surface area contributed by atoms with Gasteiger partial charge in [0.1, 0.15) is 16.9 Å². The Labute approximate surface area is 113 Å². The predicted octanol–water partition coefficient (Wildman–Crippen LogP) is 1.57. The number of hydrogen-bond donors (Lipinski definition) is 1. The van der Waals surface area contributed by atoms with Crippen LogP contribution in [-0.2, 0) is 12.3 Å². The number of nitrogens with one attached hydrogen (secondary N) is 1. The number of rotatable bonds is 4. The van der Waals surface area contributed by atoms with Crippen LogP contribution < -0.4 is 0 Å². The van der Waals surface area contributed by atoms with Crippen LogP contribution in [0.25, 0.3) is 11.2 Å². The fourth-order valence-corrected chi connectivity index (χ4v) is 2.68. The van der Waals surface area contributed by atoms with Gasteiger partial charge in [0.15, 0.2) is 5.65 Å². The van der Waals surface area contributed by atoms with E-state index in [0.29, 0.717) is 5.65 Å². The molecule has 0 bridgehead atoms. The molecule has 0 saturated carbocycles. The van der Waals surface area contributed by atoms with Gasteiger partial charge in [-0.25, -0.2) is 15.0 Å². The summed E-state index contributed by atoms with van der Waals surface area (Å²) in [7, 11) is 0. The van der Waals surface area contributed by atoms with Gasteiger partial charge in [0.25, 0.3) is 0 Å². The molecule has 0 aliphatic heterocycles. The standard InChI is InChI=1S/C11H13N7S/c1-3-18-16-7(2)8(17-18)4-19-11-9-10(13-5-12-9)14-6-15-11/h5-6H,3-4H2,1-2H3,(H,12,13,14,15). The number of imidazole rings is 1. The van der Waals surface area contributed by atoms with Gasteiger partial charge in [0.2, 0.25) is 0 Å². The minimum absolute atomic E-state index is 0.687. The average Bonchev–Trinajstić information content (AvgIpc) is 3.02. The van der Waals surface area contributed by atoms with E-state index in [1.165, 1.54) is 6.33 Å². The highest BCUT2D eigenvalue weighted by atomic mass is 32.2. The first-order valence-corrected chi connectivity index (χ1v) is 6.94. The van der Waals surface area contributed by atoms with Crippen molar-refractivity contribution < 1.29 is 0 Å². The SMILES string of the molecule is CCn1nc(C)c(CSc2ncnc3nc[nH]c23)n1. The van der Waals surface area contributed by atoms with Crippen molar-refractivity contribution in [2.45, 2.75) is 31.2 Å². The molecule has 19 heavy (non-hydrogen) atoms. The van der Waals surface area contributed by atoms with Crippen molar-refractivity contribution in [1.82, 2.24) is 34.9 Å². The van der Waals surface area contributed by atoms with Gasteiger partial charge < -0.3 is 4.98 Å². The van der Waals surface area contributed by atoms with Gasteiger partial charge in [-0.1, -0.05) is 11.8 Å². The molecule has 0 saturated heterocycles. The highest BCUT2D eigenvalue weighted by molar-refractivity contribution is 7.98. The smallest absolute Gasteiger partial charge is 0.181 e. The van der Waals surface area contributed by atoms with Crippen molar-refractivity contribution in [3.63, 3.8) is 0 Å². The third kappa shape index (κ3) is 2.30. The first-order valence-electron chi connectivity index (χ1n) is 5.95. The second-order valence-electron chi connectivity index (χ2n) is 3.99. The summed E-state index contributed by atoms with van der Waals surface area (Å²) >= 11 is 1.61. The molecule has 0 amide bonds. The minimum Gasteiger partial charge on any atom is -0.341 e. The van der Waals surface area contributed by atoms with Crippen LogP contribution in [0.15, 0.2) is 17.7 Å². The third-order valence-corrected chi connectivity index (χ3v) is 3.74. The van der Waals surface area contributed by atoms with Crippen molar-refractivity contribution in [2.24, 2.45) is 0 Å². The average molecular weight is 275 g/mol. The topological polar surface area (TPSA) is 85.2 Å². The van der Waals surface area contributed by atoms with E-state index < -0.39 is 0 Å². The van der Waals surface area contributed by atoms with Crippen LogP contribution in [-0.4, -0.2) is 34.9 Å². The van der Waals surface area contributed by atoms with Crippen LogP contribution in [0, 0.1) is 6.92 Å². The van der Waals surface area contributed by atoms with Crippen molar-refractivity contribution in [1.29, 1.82) is 0 Å². The summed E-state index contributed by atoms with van der Waals surface area (Å²) in [4.78, 5) is 17.2. The van der Waals surface area contributed by atoms with E-state index in [0.717, 1.165) is 34.2 Å². The lowest BCUT2D eigenvalue weighted by Crippen LogP contribution is -1.98. The Morgan fingerprint density at radius 2 is 2.16 bits per heavy atom. The zero-order valence-electron chi connectivity index (χ0n) is 10.7. The molecule has 0 spiro atoms. The molecular formula is C11H13N7S. The lowest BCUT2D eigenvalue weighted by atomic mass is 10.4. The number of aryl methyl sites for hydroxylation is 2. The maximum Gasteiger partial charge on any atom is 0.181 e. The molecule has 0 fully saturated rings. The molecule has 98 valence electrons. The van der Waals surface area contributed by atoms with Crippen LogP contribution in [0.1, 0.15) is 18.3 Å². The molecule has 1 N–H and O–H groups in total. The van der Waals surface area contributed by atoms with Gasteiger partial charge in [0.05, 0.1) is 24.3 Å². The zero-order chi connectivity index (χ0) is 13.2. The van der Waals surface area contributed by atoms with Gasteiger partial charge in [0, 0.05) is 5.75 Å². The number of aromatic nitrogens is 7. The lowest BCUT2D eigenvalue weighted by Gasteiger charge is -1.99. The molecule has 7 nitrogen and oxygen atoms in total. The van der Waals surface area contributed by atoms with Gasteiger partial charge >= 0.3 is 0 Å². The Bertz CT molecular complexity index is 702. The molecule has 0 aliphatic rings. The second-order valence-corrected chi connectivity index (χ2v) is 4.95. The van der Waals surface area contributed by atoms with Crippen LogP contribution >= 0.6 is 11.8 Å². The van der Waals surface area contributed by atoms with E-state index in [1.54, 1.807) is 22.9 Å². The third-order valence-electron chi connectivity index (χ3n) is 2.74. The summed E-state index contributed by atoms with van der Waals surface area (Å²) in [5.41, 5.74) is 3.50. The molecule has 0 unspecified atom stereocenters. The highest BCUT2D eigenvalue weighted by Crippen LogP contribution is 2.25. The van der Waals surface area contributed by atoms with Crippen LogP contribution in [0.4, 0.5) is 0 Å². The second kappa shape index (κ2) is 4.96. The molecule has 3 aromatic heterocycles. The summed E-state index contributed by atoms with van der Waals surface area (Å²) in [6.45, 7) is 4.78. The summed E-state index contributed by atoms with van der Waals surface area (Å²) in [6, 6.07) is 0. The Balaban J connectivity index is 1.82. The lowest BCUT2D eigenvalue weighted by molar-refractivity contribution is 0.563. The van der Waals surface area contributed by atoms with E-state index in [-0.39, 0.29) is 0 Å². The Hall–Kier alpha value is -1.96. The van der Waals surface area contributed by atoms with Gasteiger partial charge in [-0.15, -0.1) is 0 Å². The highest BCUT2D eigenvalue weighted by Gasteiger charge is 2.10. The largest absolute Gasteiger partial charge is 0.341 e. The summed E-state index contributed by atoms with van der Waals surface area (Å²) < 4.78 is 0. The predicted molar refractivity (Wildman–Crippen MR) is 71.7 cm³/mol. The Morgan fingerprint density at radius 1 is 1.26 bits per heavy atom. The first-order chi connectivity index (χ1) is 9.28. The van der Waals surface area contributed by atoms with E-state index in [4.69, 9.17) is 0 Å². The monoisotopic (exact) mass is 275 g/mol. The van der Waals surface area contributed by atoms with Crippen molar-refractivity contribution in [3.05, 3.63) is 24.0 Å². The number of fused-ring (bicyclic) bond motifs is 1. The van der Waals surface area contributed by atoms with E-state index in [1.807, 2.05) is 13.8 Å². The van der Waals surface area contributed by atoms with Crippen LogP contribution in [0.5, 0.6) is 0 Å². The van der Waals surface area contributed by atoms with Crippen molar-refractivity contribution in [3.8, 4) is 0 Å². The molecule has 3 rings (SSSR count). The van der Waals surface area contributed by atoms with Gasteiger partial charge in [-0.3, -0.25) is 0 Å². The van der Waals surface area contributed by atoms with Gasteiger partial charge in [-0.2, -0.15) is 15.0 Å². The van der Waals surface area contributed by atoms with Crippen LogP contribution in [0.2, 0.25) is 0 Å². The molecular weight excluding hydrogens is 262 g/mol. The zero-order valence-corrected chi connectivity index (χ0v) is 11.5. The van der Waals surface area contributed by atoms with Crippen molar-refractivity contribution >= 4 is 22.9 Å². The number of nitrogens with zero attached hydrogens (tertiary/aromatic N) is 6. The van der Waals surface area contributed by atoms with Gasteiger partial charge in [-0.05, 0) is 13.8 Å². The fraction of sp³-hybridized carbons (Fsp3) is 0.364. The summed E-state index contributed by atoms with van der Waals surface area (Å²) in [6.07, 6.45) is 3.16. The van der Waals surface area contributed by atoms with E-state index in [2.05, 4.69) is 30.1 Å². The number of thioether (sulfide) groups is 1. The number of hydrogen-bond acceptors (Lipinski definition) is 6. The maximum atomic E-state index is 4.43. The first kappa shape index (κ1) is 12.1. The number of H-pyrrole nitrogens is 1. The molecule has 0 aliphatic carbocycles. The fourth-order valence-electron chi connectivity index (χ4n) is 1.73. The minimum atomic E-state index is 0.687.